The van der Waals surface area contributed by atoms with Gasteiger partial charge in [0, 0.05) is 5.56 Å². The van der Waals surface area contributed by atoms with Crippen LogP contribution in [0, 0.1) is 0 Å². The highest BCUT2D eigenvalue weighted by Crippen LogP contribution is 2.34. The lowest BCUT2D eigenvalue weighted by Gasteiger charge is -2.21. The van der Waals surface area contributed by atoms with Gasteiger partial charge < -0.3 is 14.9 Å². The number of ether oxygens (including phenoxy) is 1. The molecule has 3 rings (SSSR count). The molecule has 0 saturated heterocycles. The molecule has 0 heterocycles. The Hall–Kier alpha value is -2.62. The first-order valence-electron chi connectivity index (χ1n) is 7.92. The zero-order valence-electron chi connectivity index (χ0n) is 13.2. The molecule has 0 aromatic heterocycles. The minimum absolute atomic E-state index is 0.409. The lowest BCUT2D eigenvalue weighted by Crippen LogP contribution is -2.12. The molecule has 3 aromatic rings. The summed E-state index contributed by atoms with van der Waals surface area (Å²) in [6.45, 7) is 0.409. The van der Waals surface area contributed by atoms with E-state index < -0.39 is 12.2 Å². The van der Waals surface area contributed by atoms with Gasteiger partial charge in [0.15, 0.2) is 0 Å². The van der Waals surface area contributed by atoms with Gasteiger partial charge in [-0.25, -0.2) is 0 Å². The first kappa shape index (κ1) is 16.2. The van der Waals surface area contributed by atoms with E-state index in [2.05, 4.69) is 0 Å². The molecular formula is C21H20O3. The van der Waals surface area contributed by atoms with Gasteiger partial charge in [-0.3, -0.25) is 0 Å². The summed E-state index contributed by atoms with van der Waals surface area (Å²) < 4.78 is 5.86. The van der Waals surface area contributed by atoms with Gasteiger partial charge in [-0.2, -0.15) is 0 Å². The minimum atomic E-state index is -1.06. The van der Waals surface area contributed by atoms with Gasteiger partial charge in [0.1, 0.15) is 24.6 Å². The maximum absolute atomic E-state index is 10.6. The Morgan fingerprint density at radius 1 is 0.667 bits per heavy atom. The minimum Gasteiger partial charge on any atom is -0.489 e. The molecule has 2 atom stereocenters. The third kappa shape index (κ3) is 3.82. The van der Waals surface area contributed by atoms with Crippen LogP contribution in [0.15, 0.2) is 84.9 Å². The maximum Gasteiger partial charge on any atom is 0.125 e. The third-order valence-electron chi connectivity index (χ3n) is 3.91. The largest absolute Gasteiger partial charge is 0.489 e. The van der Waals surface area contributed by atoms with Crippen LogP contribution in [-0.2, 0) is 6.61 Å². The molecule has 0 radical (unpaired) electrons. The molecule has 0 saturated carbocycles. The number of hydrogen-bond donors (Lipinski definition) is 2. The van der Waals surface area contributed by atoms with E-state index in [0.717, 1.165) is 5.56 Å². The molecule has 0 bridgehead atoms. The van der Waals surface area contributed by atoms with E-state index in [0.29, 0.717) is 23.5 Å². The summed E-state index contributed by atoms with van der Waals surface area (Å²) in [6.07, 6.45) is -2.06. The summed E-state index contributed by atoms with van der Waals surface area (Å²) in [6, 6.07) is 26.2. The fraction of sp³-hybridized carbons (Fsp3) is 0.143. The normalized spacial score (nSPS) is 13.2. The fourth-order valence-electron chi connectivity index (χ4n) is 2.59. The molecule has 0 aliphatic carbocycles. The third-order valence-corrected chi connectivity index (χ3v) is 3.91. The quantitative estimate of drug-likeness (QED) is 0.721. The molecule has 0 fully saturated rings. The molecule has 3 nitrogen and oxygen atoms in total. The average Bonchev–Trinajstić information content (AvgIpc) is 2.67. The van der Waals surface area contributed by atoms with Gasteiger partial charge in [-0.05, 0) is 17.2 Å². The first-order chi connectivity index (χ1) is 11.8. The average molecular weight is 320 g/mol. The van der Waals surface area contributed by atoms with Crippen molar-refractivity contribution < 1.29 is 14.9 Å². The van der Waals surface area contributed by atoms with Crippen LogP contribution in [0.25, 0.3) is 0 Å². The Bertz CT molecular complexity index is 756. The molecule has 3 aromatic carbocycles. The molecule has 0 spiro atoms. The highest BCUT2D eigenvalue weighted by molar-refractivity contribution is 5.37. The zero-order chi connectivity index (χ0) is 16.8. The van der Waals surface area contributed by atoms with Crippen LogP contribution in [0.3, 0.4) is 0 Å². The van der Waals surface area contributed by atoms with Crippen molar-refractivity contribution >= 4 is 0 Å². The van der Waals surface area contributed by atoms with Crippen molar-refractivity contribution in [1.29, 1.82) is 0 Å². The van der Waals surface area contributed by atoms with Gasteiger partial charge in [0.25, 0.3) is 0 Å². The van der Waals surface area contributed by atoms with Crippen molar-refractivity contribution in [2.24, 2.45) is 0 Å². The van der Waals surface area contributed by atoms with E-state index in [4.69, 9.17) is 4.74 Å². The van der Waals surface area contributed by atoms with E-state index in [1.165, 1.54) is 0 Å². The van der Waals surface area contributed by atoms with Gasteiger partial charge in [-0.1, -0.05) is 78.9 Å². The molecule has 0 unspecified atom stereocenters. The molecule has 0 amide bonds. The van der Waals surface area contributed by atoms with E-state index in [1.54, 1.807) is 24.3 Å². The van der Waals surface area contributed by atoms with Gasteiger partial charge in [0.05, 0.1) is 0 Å². The second kappa shape index (κ2) is 7.77. The highest BCUT2D eigenvalue weighted by atomic mass is 16.5. The molecule has 2 N–H and O–H groups in total. The van der Waals surface area contributed by atoms with Crippen LogP contribution in [0.4, 0.5) is 0 Å². The topological polar surface area (TPSA) is 49.7 Å². The van der Waals surface area contributed by atoms with E-state index in [9.17, 15) is 10.2 Å². The second-order valence-electron chi connectivity index (χ2n) is 5.61. The second-order valence-corrected chi connectivity index (χ2v) is 5.61. The van der Waals surface area contributed by atoms with Crippen molar-refractivity contribution in [1.82, 2.24) is 0 Å². The number of aliphatic hydroxyl groups is 2. The first-order valence-corrected chi connectivity index (χ1v) is 7.92. The molecule has 122 valence electrons. The number of benzene rings is 3. The summed E-state index contributed by atoms with van der Waals surface area (Å²) in [5.41, 5.74) is 2.29. The van der Waals surface area contributed by atoms with Crippen molar-refractivity contribution in [2.45, 2.75) is 18.8 Å². The van der Waals surface area contributed by atoms with E-state index >= 15 is 0 Å². The van der Waals surface area contributed by atoms with Crippen LogP contribution in [0.5, 0.6) is 5.75 Å². The van der Waals surface area contributed by atoms with E-state index in [-0.39, 0.29) is 0 Å². The summed E-state index contributed by atoms with van der Waals surface area (Å²) >= 11 is 0. The number of hydrogen-bond acceptors (Lipinski definition) is 3. The summed E-state index contributed by atoms with van der Waals surface area (Å²) in [5.74, 6) is 0.573. The Morgan fingerprint density at radius 3 is 1.96 bits per heavy atom. The van der Waals surface area contributed by atoms with Crippen molar-refractivity contribution in [2.75, 3.05) is 0 Å². The monoisotopic (exact) mass is 320 g/mol. The van der Waals surface area contributed by atoms with Crippen LogP contribution in [0.2, 0.25) is 0 Å². The molecule has 0 aliphatic rings. The van der Waals surface area contributed by atoms with E-state index in [1.807, 2.05) is 60.7 Å². The van der Waals surface area contributed by atoms with Crippen LogP contribution in [0.1, 0.15) is 28.9 Å². The van der Waals surface area contributed by atoms with Crippen LogP contribution < -0.4 is 4.74 Å². The Morgan fingerprint density at radius 2 is 1.25 bits per heavy atom. The SMILES string of the molecule is O[C@H](c1ccccc1)[C@@H](O)c1ccccc1OCc1ccccc1. The standard InChI is InChI=1S/C21H20O3/c22-20(17-11-5-2-6-12-17)21(23)18-13-7-8-14-19(18)24-15-16-9-3-1-4-10-16/h1-14,20-23H,15H2/t20-,21+/m1/s1. The maximum atomic E-state index is 10.6. The summed E-state index contributed by atoms with van der Waals surface area (Å²) in [4.78, 5) is 0. The lowest BCUT2D eigenvalue weighted by molar-refractivity contribution is 0.0154. The predicted octanol–water partition coefficient (Wildman–Crippen LogP) is 4.03. The molecule has 3 heteroatoms. The summed E-state index contributed by atoms with van der Waals surface area (Å²) in [7, 11) is 0. The number of para-hydroxylation sites is 1. The summed E-state index contributed by atoms with van der Waals surface area (Å²) in [5, 5.41) is 21.0. The Labute approximate surface area is 141 Å². The highest BCUT2D eigenvalue weighted by Gasteiger charge is 2.23. The number of rotatable bonds is 6. The number of aliphatic hydroxyl groups excluding tert-OH is 2. The van der Waals surface area contributed by atoms with Crippen molar-refractivity contribution in [3.63, 3.8) is 0 Å². The molecule has 0 aliphatic heterocycles. The van der Waals surface area contributed by atoms with Gasteiger partial charge in [0.2, 0.25) is 0 Å². The van der Waals surface area contributed by atoms with Gasteiger partial charge >= 0.3 is 0 Å². The molecular weight excluding hydrogens is 300 g/mol. The zero-order valence-corrected chi connectivity index (χ0v) is 13.2. The van der Waals surface area contributed by atoms with Crippen LogP contribution >= 0.6 is 0 Å². The lowest BCUT2D eigenvalue weighted by atomic mass is 9.98. The smallest absolute Gasteiger partial charge is 0.125 e. The Balaban J connectivity index is 1.78. The molecule has 24 heavy (non-hydrogen) atoms. The fourth-order valence-corrected chi connectivity index (χ4v) is 2.59. The van der Waals surface area contributed by atoms with Crippen molar-refractivity contribution in [3.05, 3.63) is 102 Å². The van der Waals surface area contributed by atoms with Crippen LogP contribution in [-0.4, -0.2) is 10.2 Å². The predicted molar refractivity (Wildman–Crippen MR) is 93.6 cm³/mol. The van der Waals surface area contributed by atoms with Gasteiger partial charge in [-0.15, -0.1) is 0 Å². The Kier molecular flexibility index (Phi) is 5.26. The van der Waals surface area contributed by atoms with Crippen molar-refractivity contribution in [3.8, 4) is 5.75 Å².